The highest BCUT2D eigenvalue weighted by Crippen LogP contribution is 2.24. The Morgan fingerprint density at radius 2 is 2.19 bits per heavy atom. The first-order valence-corrected chi connectivity index (χ1v) is 7.62. The van der Waals surface area contributed by atoms with Crippen molar-refractivity contribution in [1.29, 1.82) is 0 Å². The van der Waals surface area contributed by atoms with Gasteiger partial charge in [0.25, 0.3) is 0 Å². The average molecular weight is 308 g/mol. The second-order valence-electron chi connectivity index (χ2n) is 5.21. The van der Waals surface area contributed by atoms with Crippen LogP contribution in [-0.4, -0.2) is 16.1 Å². The van der Waals surface area contributed by atoms with E-state index in [0.717, 1.165) is 35.1 Å². The molecular formula is C16H22ClN3O. The van der Waals surface area contributed by atoms with Gasteiger partial charge in [-0.3, -0.25) is 0 Å². The van der Waals surface area contributed by atoms with Gasteiger partial charge < -0.3 is 14.6 Å². The van der Waals surface area contributed by atoms with Gasteiger partial charge in [-0.1, -0.05) is 18.5 Å². The largest absolute Gasteiger partial charge is 0.487 e. The zero-order valence-electron chi connectivity index (χ0n) is 12.8. The van der Waals surface area contributed by atoms with E-state index in [1.807, 2.05) is 30.7 Å². The van der Waals surface area contributed by atoms with Crippen LogP contribution >= 0.6 is 11.6 Å². The van der Waals surface area contributed by atoms with Gasteiger partial charge in [0.2, 0.25) is 0 Å². The van der Waals surface area contributed by atoms with Crippen molar-refractivity contribution in [2.45, 2.75) is 40.0 Å². The number of hydrogen-bond donors (Lipinski definition) is 1. The van der Waals surface area contributed by atoms with Crippen molar-refractivity contribution in [2.75, 3.05) is 6.54 Å². The lowest BCUT2D eigenvalue weighted by Crippen LogP contribution is -2.13. The molecule has 0 saturated heterocycles. The summed E-state index contributed by atoms with van der Waals surface area (Å²) in [4.78, 5) is 4.19. The molecule has 0 amide bonds. The Bertz CT molecular complexity index is 581. The number of nitrogens with zero attached hydrogens (tertiary/aromatic N) is 2. The number of benzene rings is 1. The number of rotatable bonds is 7. The molecule has 4 nitrogen and oxygen atoms in total. The van der Waals surface area contributed by atoms with E-state index < -0.39 is 0 Å². The molecule has 0 radical (unpaired) electrons. The Balaban J connectivity index is 2.10. The fourth-order valence-electron chi connectivity index (χ4n) is 2.15. The first-order chi connectivity index (χ1) is 10.1. The van der Waals surface area contributed by atoms with Crippen LogP contribution in [0.3, 0.4) is 0 Å². The molecule has 5 heteroatoms. The number of nitrogens with one attached hydrogen (secondary N) is 1. The second-order valence-corrected chi connectivity index (χ2v) is 5.64. The number of imidazole rings is 1. The molecular weight excluding hydrogens is 286 g/mol. The molecule has 0 aliphatic carbocycles. The molecule has 2 rings (SSSR count). The highest BCUT2D eigenvalue weighted by atomic mass is 35.5. The summed E-state index contributed by atoms with van der Waals surface area (Å²) in [6.45, 7) is 8.49. The van der Waals surface area contributed by atoms with Gasteiger partial charge in [-0.25, -0.2) is 4.98 Å². The fourth-order valence-corrected chi connectivity index (χ4v) is 2.34. The molecule has 2 aromatic rings. The number of aromatic nitrogens is 2. The van der Waals surface area contributed by atoms with Crippen molar-refractivity contribution in [2.24, 2.45) is 0 Å². The van der Waals surface area contributed by atoms with Crippen LogP contribution in [0.1, 0.15) is 38.1 Å². The lowest BCUT2D eigenvalue weighted by molar-refractivity contribution is 0.288. The van der Waals surface area contributed by atoms with Crippen molar-refractivity contribution < 1.29 is 4.74 Å². The molecule has 114 valence electrons. The van der Waals surface area contributed by atoms with Crippen LogP contribution in [0.15, 0.2) is 30.7 Å². The maximum atomic E-state index is 6.06. The lowest BCUT2D eigenvalue weighted by atomic mass is 10.2. The second kappa shape index (κ2) is 7.48. The van der Waals surface area contributed by atoms with E-state index in [9.17, 15) is 0 Å². The summed E-state index contributed by atoms with van der Waals surface area (Å²) in [5.41, 5.74) is 2.13. The number of ether oxygens (including phenoxy) is 1. The van der Waals surface area contributed by atoms with Gasteiger partial charge in [0.1, 0.15) is 12.4 Å². The fraction of sp³-hybridized carbons (Fsp3) is 0.438. The Hall–Kier alpha value is -1.52. The van der Waals surface area contributed by atoms with E-state index >= 15 is 0 Å². The number of hydrogen-bond acceptors (Lipinski definition) is 3. The van der Waals surface area contributed by atoms with E-state index in [1.165, 1.54) is 0 Å². The molecule has 1 aromatic carbocycles. The predicted molar refractivity (Wildman–Crippen MR) is 85.8 cm³/mol. The Morgan fingerprint density at radius 1 is 1.38 bits per heavy atom. The molecule has 0 fully saturated rings. The average Bonchev–Trinajstić information content (AvgIpc) is 2.92. The maximum Gasteiger partial charge on any atom is 0.130 e. The van der Waals surface area contributed by atoms with Gasteiger partial charge in [0.05, 0.1) is 18.2 Å². The third-order valence-corrected chi connectivity index (χ3v) is 3.50. The van der Waals surface area contributed by atoms with Gasteiger partial charge in [-0.2, -0.15) is 0 Å². The summed E-state index contributed by atoms with van der Waals surface area (Å²) < 4.78 is 8.08. The lowest BCUT2D eigenvalue weighted by Gasteiger charge is -2.15. The van der Waals surface area contributed by atoms with Crippen molar-refractivity contribution in [3.63, 3.8) is 0 Å². The third-order valence-electron chi connectivity index (χ3n) is 3.27. The topological polar surface area (TPSA) is 39.1 Å². The van der Waals surface area contributed by atoms with Crippen LogP contribution in [0.2, 0.25) is 5.02 Å². The van der Waals surface area contributed by atoms with Crippen molar-refractivity contribution in [3.8, 4) is 5.75 Å². The van der Waals surface area contributed by atoms with Crippen molar-refractivity contribution in [3.05, 3.63) is 47.0 Å². The summed E-state index contributed by atoms with van der Waals surface area (Å²) in [7, 11) is 0. The Kier molecular flexibility index (Phi) is 5.65. The van der Waals surface area contributed by atoms with Gasteiger partial charge in [-0.05, 0) is 38.6 Å². The minimum Gasteiger partial charge on any atom is -0.487 e. The van der Waals surface area contributed by atoms with E-state index in [4.69, 9.17) is 16.3 Å². The first kappa shape index (κ1) is 15.9. The zero-order chi connectivity index (χ0) is 15.2. The summed E-state index contributed by atoms with van der Waals surface area (Å²) in [6.07, 6.45) is 3.69. The van der Waals surface area contributed by atoms with E-state index in [1.54, 1.807) is 0 Å². The summed E-state index contributed by atoms with van der Waals surface area (Å²) in [5, 5.41) is 4.02. The normalized spacial score (nSPS) is 11.1. The first-order valence-electron chi connectivity index (χ1n) is 7.24. The third kappa shape index (κ3) is 4.22. The summed E-state index contributed by atoms with van der Waals surface area (Å²) in [6, 6.07) is 6.09. The van der Waals surface area contributed by atoms with Crippen LogP contribution in [0.25, 0.3) is 0 Å². The van der Waals surface area contributed by atoms with Crippen LogP contribution in [0.5, 0.6) is 5.75 Å². The maximum absolute atomic E-state index is 6.06. The van der Waals surface area contributed by atoms with E-state index in [-0.39, 0.29) is 0 Å². The van der Waals surface area contributed by atoms with E-state index in [0.29, 0.717) is 12.6 Å². The molecule has 0 aliphatic rings. The molecule has 0 spiro atoms. The predicted octanol–water partition coefficient (Wildman–Crippen LogP) is 3.81. The molecule has 0 saturated carbocycles. The zero-order valence-corrected chi connectivity index (χ0v) is 13.5. The minimum atomic E-state index is 0.373. The smallest absolute Gasteiger partial charge is 0.130 e. The molecule has 0 unspecified atom stereocenters. The van der Waals surface area contributed by atoms with Crippen molar-refractivity contribution >= 4 is 11.6 Å². The Morgan fingerprint density at radius 3 is 2.90 bits per heavy atom. The van der Waals surface area contributed by atoms with Gasteiger partial charge in [0, 0.05) is 23.2 Å². The van der Waals surface area contributed by atoms with Gasteiger partial charge in [-0.15, -0.1) is 0 Å². The summed E-state index contributed by atoms with van der Waals surface area (Å²) >= 11 is 6.06. The van der Waals surface area contributed by atoms with Gasteiger partial charge in [0.15, 0.2) is 0 Å². The molecule has 21 heavy (non-hydrogen) atoms. The SMILES string of the molecule is CCNCc1cc(Cl)ccc1OCc1cncn1C(C)C. The quantitative estimate of drug-likeness (QED) is 0.845. The van der Waals surface area contributed by atoms with Crippen LogP contribution in [0.4, 0.5) is 0 Å². The van der Waals surface area contributed by atoms with Crippen LogP contribution < -0.4 is 10.1 Å². The summed E-state index contributed by atoms with van der Waals surface area (Å²) in [5.74, 6) is 0.858. The van der Waals surface area contributed by atoms with E-state index in [2.05, 4.69) is 35.6 Å². The highest BCUT2D eigenvalue weighted by Gasteiger charge is 2.09. The molecule has 0 aliphatic heterocycles. The number of halogens is 1. The molecule has 1 N–H and O–H groups in total. The highest BCUT2D eigenvalue weighted by molar-refractivity contribution is 6.30. The van der Waals surface area contributed by atoms with Gasteiger partial charge >= 0.3 is 0 Å². The molecule has 0 bridgehead atoms. The molecule has 1 heterocycles. The Labute approximate surface area is 131 Å². The van der Waals surface area contributed by atoms with Crippen LogP contribution in [0, 0.1) is 0 Å². The molecule has 1 aromatic heterocycles. The van der Waals surface area contributed by atoms with Crippen molar-refractivity contribution in [1.82, 2.24) is 14.9 Å². The van der Waals surface area contributed by atoms with Crippen LogP contribution in [-0.2, 0) is 13.2 Å². The monoisotopic (exact) mass is 307 g/mol. The standard InChI is InChI=1S/C16H22ClN3O/c1-4-18-8-13-7-14(17)5-6-16(13)21-10-15-9-19-11-20(15)12(2)3/h5-7,9,11-12,18H,4,8,10H2,1-3H3. The molecule has 0 atom stereocenters. The minimum absolute atomic E-state index is 0.373.